The molecule has 198 valence electrons. The number of ether oxygens (including phenoxy) is 2. The summed E-state index contributed by atoms with van der Waals surface area (Å²) in [6.07, 6.45) is 0.0311. The minimum Gasteiger partial charge on any atom is -0.480 e. The standard InChI is InChI=1S/C29H31N3O6/c1-29(2,3)38-27(35)31-25-16-18(13-14-30-25)15-24(26(33)34)32(4)28(36)37-17-23-21-11-7-5-9-19(21)20-10-6-8-12-22(20)23/h5-14,16,23-24H,15,17H2,1-4H3,(H,33,34)(H,30,31,35)/t24-/m1/s1. The third-order valence-corrected chi connectivity index (χ3v) is 6.26. The Morgan fingerprint density at radius 2 is 1.63 bits per heavy atom. The fraction of sp³-hybridized carbons (Fsp3) is 0.310. The Labute approximate surface area is 221 Å². The van der Waals surface area contributed by atoms with Gasteiger partial charge in [0, 0.05) is 25.6 Å². The number of carboxylic acids is 1. The smallest absolute Gasteiger partial charge is 0.413 e. The summed E-state index contributed by atoms with van der Waals surface area (Å²) in [5.41, 5.74) is 4.24. The fourth-order valence-corrected chi connectivity index (χ4v) is 4.51. The second-order valence-corrected chi connectivity index (χ2v) is 10.1. The summed E-state index contributed by atoms with van der Waals surface area (Å²) in [6, 6.07) is 18.0. The van der Waals surface area contributed by atoms with Crippen molar-refractivity contribution in [3.05, 3.63) is 83.6 Å². The van der Waals surface area contributed by atoms with Crippen molar-refractivity contribution < 1.29 is 29.0 Å². The number of hydrogen-bond acceptors (Lipinski definition) is 6. The molecule has 0 saturated heterocycles. The second kappa shape index (κ2) is 10.9. The predicted octanol–water partition coefficient (Wildman–Crippen LogP) is 5.31. The lowest BCUT2D eigenvalue weighted by atomic mass is 9.98. The van der Waals surface area contributed by atoms with Gasteiger partial charge in [0.05, 0.1) is 0 Å². The maximum absolute atomic E-state index is 13.0. The number of nitrogens with one attached hydrogen (secondary N) is 1. The highest BCUT2D eigenvalue weighted by molar-refractivity contribution is 5.84. The van der Waals surface area contributed by atoms with Crippen LogP contribution in [-0.2, 0) is 20.7 Å². The van der Waals surface area contributed by atoms with Crippen molar-refractivity contribution in [2.75, 3.05) is 19.0 Å². The monoisotopic (exact) mass is 517 g/mol. The lowest BCUT2D eigenvalue weighted by molar-refractivity contribution is -0.142. The van der Waals surface area contributed by atoms with E-state index in [-0.39, 0.29) is 24.8 Å². The summed E-state index contributed by atoms with van der Waals surface area (Å²) in [7, 11) is 1.40. The molecule has 1 aliphatic carbocycles. The molecule has 1 atom stereocenters. The number of fused-ring (bicyclic) bond motifs is 3. The van der Waals surface area contributed by atoms with Crippen LogP contribution in [0.25, 0.3) is 11.1 Å². The number of anilines is 1. The average Bonchev–Trinajstić information content (AvgIpc) is 3.18. The number of carboxylic acid groups (broad SMARTS) is 1. The average molecular weight is 518 g/mol. The van der Waals surface area contributed by atoms with Gasteiger partial charge >= 0.3 is 18.2 Å². The highest BCUT2D eigenvalue weighted by Crippen LogP contribution is 2.44. The van der Waals surface area contributed by atoms with E-state index in [0.29, 0.717) is 5.56 Å². The molecular weight excluding hydrogens is 486 g/mol. The van der Waals surface area contributed by atoms with Gasteiger partial charge in [0.25, 0.3) is 0 Å². The van der Waals surface area contributed by atoms with Gasteiger partial charge in [-0.1, -0.05) is 48.5 Å². The summed E-state index contributed by atoms with van der Waals surface area (Å²) in [4.78, 5) is 42.3. The quantitative estimate of drug-likeness (QED) is 0.436. The van der Waals surface area contributed by atoms with Gasteiger partial charge < -0.3 is 14.6 Å². The van der Waals surface area contributed by atoms with E-state index in [4.69, 9.17) is 9.47 Å². The molecule has 0 fully saturated rings. The van der Waals surface area contributed by atoms with Gasteiger partial charge in [-0.3, -0.25) is 10.2 Å². The van der Waals surface area contributed by atoms with Gasteiger partial charge in [-0.2, -0.15) is 0 Å². The Bertz CT molecular complexity index is 1300. The molecule has 2 aromatic carbocycles. The van der Waals surface area contributed by atoms with Gasteiger partial charge in [0.2, 0.25) is 0 Å². The topological polar surface area (TPSA) is 118 Å². The van der Waals surface area contributed by atoms with Crippen molar-refractivity contribution in [2.45, 2.75) is 44.8 Å². The summed E-state index contributed by atoms with van der Waals surface area (Å²) in [5, 5.41) is 12.4. The molecule has 1 aliphatic rings. The van der Waals surface area contributed by atoms with E-state index < -0.39 is 29.8 Å². The van der Waals surface area contributed by atoms with E-state index in [9.17, 15) is 19.5 Å². The summed E-state index contributed by atoms with van der Waals surface area (Å²) in [6.45, 7) is 5.32. The van der Waals surface area contributed by atoms with E-state index in [0.717, 1.165) is 27.2 Å². The van der Waals surface area contributed by atoms with E-state index in [1.165, 1.54) is 13.2 Å². The predicted molar refractivity (Wildman–Crippen MR) is 142 cm³/mol. The van der Waals surface area contributed by atoms with Crippen molar-refractivity contribution in [3.63, 3.8) is 0 Å². The number of amides is 2. The normalized spacial score (nSPS) is 13.2. The SMILES string of the molecule is CN(C(=O)OCC1c2ccccc2-c2ccccc21)[C@H](Cc1ccnc(NC(=O)OC(C)(C)C)c1)C(=O)O. The first-order chi connectivity index (χ1) is 18.0. The van der Waals surface area contributed by atoms with Crippen molar-refractivity contribution in [1.82, 2.24) is 9.88 Å². The largest absolute Gasteiger partial charge is 0.480 e. The summed E-state index contributed by atoms with van der Waals surface area (Å²) in [5.74, 6) is -1.10. The summed E-state index contributed by atoms with van der Waals surface area (Å²) >= 11 is 0. The first-order valence-corrected chi connectivity index (χ1v) is 12.3. The number of pyridine rings is 1. The Kier molecular flexibility index (Phi) is 7.66. The van der Waals surface area contributed by atoms with Crippen molar-refractivity contribution >= 4 is 24.0 Å². The Morgan fingerprint density at radius 1 is 1.03 bits per heavy atom. The molecule has 0 saturated carbocycles. The van der Waals surface area contributed by atoms with Gasteiger partial charge in [-0.05, 0) is 60.7 Å². The summed E-state index contributed by atoms with van der Waals surface area (Å²) < 4.78 is 10.9. The lowest BCUT2D eigenvalue weighted by Gasteiger charge is -2.25. The molecule has 1 aromatic heterocycles. The van der Waals surface area contributed by atoms with Gasteiger partial charge in [0.1, 0.15) is 24.1 Å². The van der Waals surface area contributed by atoms with Crippen LogP contribution in [0.15, 0.2) is 66.9 Å². The van der Waals surface area contributed by atoms with Gasteiger partial charge in [0.15, 0.2) is 0 Å². The molecule has 0 aliphatic heterocycles. The minimum absolute atomic E-state index is 0.0124. The number of aromatic nitrogens is 1. The number of nitrogens with zero attached hydrogens (tertiary/aromatic N) is 2. The van der Waals surface area contributed by atoms with Crippen LogP contribution >= 0.6 is 0 Å². The molecule has 0 spiro atoms. The van der Waals surface area contributed by atoms with Crippen molar-refractivity contribution in [2.24, 2.45) is 0 Å². The molecule has 0 unspecified atom stereocenters. The molecule has 2 N–H and O–H groups in total. The van der Waals surface area contributed by atoms with Gasteiger partial charge in [-0.25, -0.2) is 19.4 Å². The molecular formula is C29H31N3O6. The number of benzene rings is 2. The Hall–Kier alpha value is -4.40. The molecule has 1 heterocycles. The zero-order chi connectivity index (χ0) is 27.4. The first kappa shape index (κ1) is 26.7. The molecule has 9 nitrogen and oxygen atoms in total. The van der Waals surface area contributed by atoms with Crippen LogP contribution in [0.5, 0.6) is 0 Å². The van der Waals surface area contributed by atoms with Crippen molar-refractivity contribution in [3.8, 4) is 11.1 Å². The van der Waals surface area contributed by atoms with Crippen LogP contribution in [0.1, 0.15) is 43.4 Å². The third kappa shape index (κ3) is 6.11. The van der Waals surface area contributed by atoms with E-state index in [1.807, 2.05) is 48.5 Å². The maximum Gasteiger partial charge on any atom is 0.413 e. The van der Waals surface area contributed by atoms with E-state index in [2.05, 4.69) is 10.3 Å². The van der Waals surface area contributed by atoms with Crippen LogP contribution in [0.4, 0.5) is 15.4 Å². The van der Waals surface area contributed by atoms with E-state index >= 15 is 0 Å². The maximum atomic E-state index is 13.0. The highest BCUT2D eigenvalue weighted by atomic mass is 16.6. The molecule has 38 heavy (non-hydrogen) atoms. The zero-order valence-corrected chi connectivity index (χ0v) is 21.8. The Balaban J connectivity index is 1.42. The van der Waals surface area contributed by atoms with Crippen LogP contribution < -0.4 is 5.32 Å². The molecule has 9 heteroatoms. The lowest BCUT2D eigenvalue weighted by Crippen LogP contribution is -2.44. The molecule has 4 rings (SSSR count). The zero-order valence-electron chi connectivity index (χ0n) is 21.8. The molecule has 0 radical (unpaired) electrons. The van der Waals surface area contributed by atoms with Crippen LogP contribution in [0.3, 0.4) is 0 Å². The highest BCUT2D eigenvalue weighted by Gasteiger charge is 2.32. The third-order valence-electron chi connectivity index (χ3n) is 6.26. The number of carbonyl (C=O) groups is 3. The van der Waals surface area contributed by atoms with Crippen molar-refractivity contribution in [1.29, 1.82) is 0 Å². The van der Waals surface area contributed by atoms with Crippen LogP contribution in [-0.4, -0.2) is 58.4 Å². The number of aliphatic carboxylic acids is 1. The number of rotatable bonds is 7. The second-order valence-electron chi connectivity index (χ2n) is 10.1. The van der Waals surface area contributed by atoms with Crippen LogP contribution in [0.2, 0.25) is 0 Å². The molecule has 3 aromatic rings. The first-order valence-electron chi connectivity index (χ1n) is 12.3. The number of hydrogen-bond donors (Lipinski definition) is 2. The molecule has 0 bridgehead atoms. The van der Waals surface area contributed by atoms with Crippen LogP contribution in [0, 0.1) is 0 Å². The number of carbonyl (C=O) groups excluding carboxylic acids is 2. The Morgan fingerprint density at radius 3 is 2.21 bits per heavy atom. The van der Waals surface area contributed by atoms with E-state index in [1.54, 1.807) is 32.9 Å². The minimum atomic E-state index is -1.19. The van der Waals surface area contributed by atoms with Gasteiger partial charge in [-0.15, -0.1) is 0 Å². The number of likely N-dealkylation sites (N-methyl/N-ethyl adjacent to an activating group) is 1. The fourth-order valence-electron chi connectivity index (χ4n) is 4.51. The molecule has 2 amide bonds.